The Morgan fingerprint density at radius 2 is 0.731 bits per heavy atom. The van der Waals surface area contributed by atoms with Gasteiger partial charge in [0, 0.05) is 0 Å². The predicted octanol–water partition coefficient (Wildman–Crippen LogP) is 11.9. The van der Waals surface area contributed by atoms with E-state index < -0.39 is 56.5 Å². The van der Waals surface area contributed by atoms with Crippen molar-refractivity contribution in [3.63, 3.8) is 0 Å². The monoisotopic (exact) mass is 846 g/mol. The summed E-state index contributed by atoms with van der Waals surface area (Å²) in [6.45, 7) is 7.52. The summed E-state index contributed by atoms with van der Waals surface area (Å²) >= 11 is 38.2. The van der Waals surface area contributed by atoms with Gasteiger partial charge < -0.3 is 28.4 Å². The summed E-state index contributed by atoms with van der Waals surface area (Å²) in [5.74, 6) is -7.35. The topological polar surface area (TPSA) is 124 Å². The Morgan fingerprint density at radius 1 is 0.423 bits per heavy atom. The summed E-state index contributed by atoms with van der Waals surface area (Å²) in [6.07, 6.45) is 11.2. The lowest BCUT2D eigenvalue weighted by atomic mass is 10.1. The number of hydrogen-bond acceptors (Lipinski definition) is 10. The second kappa shape index (κ2) is 24.1. The van der Waals surface area contributed by atoms with E-state index in [-0.39, 0.29) is 58.0 Å². The van der Waals surface area contributed by atoms with Crippen molar-refractivity contribution in [1.29, 1.82) is 0 Å². The average Bonchev–Trinajstić information content (AvgIpc) is 3.12. The molecule has 0 aliphatic rings. The molecule has 2 rings (SSSR count). The van der Waals surface area contributed by atoms with Crippen molar-refractivity contribution < 1.29 is 47.6 Å². The van der Waals surface area contributed by atoms with E-state index in [1.807, 2.05) is 0 Å². The summed E-state index contributed by atoms with van der Waals surface area (Å²) in [7, 11) is 0. The summed E-state index contributed by atoms with van der Waals surface area (Å²) in [5.41, 5.74) is -0.975. The van der Waals surface area contributed by atoms with Gasteiger partial charge >= 0.3 is 23.9 Å². The molecule has 10 nitrogen and oxygen atoms in total. The molecule has 2 aromatic carbocycles. The number of unbranched alkanes of at least 4 members (excludes halogenated alkanes) is 10. The molecule has 2 aromatic rings. The van der Waals surface area contributed by atoms with Crippen LogP contribution >= 0.6 is 69.6 Å². The molecule has 0 fully saturated rings. The van der Waals surface area contributed by atoms with Gasteiger partial charge in [-0.3, -0.25) is 0 Å². The number of esters is 4. The van der Waals surface area contributed by atoms with Crippen LogP contribution < -0.4 is 18.9 Å². The first kappa shape index (κ1) is 45.8. The Labute approximate surface area is 334 Å². The van der Waals surface area contributed by atoms with Gasteiger partial charge in [0.15, 0.2) is 23.0 Å². The first-order valence-electron chi connectivity index (χ1n) is 17.3. The summed E-state index contributed by atoms with van der Waals surface area (Å²) in [5, 5.41) is -2.16. The van der Waals surface area contributed by atoms with E-state index in [1.165, 1.54) is 0 Å². The summed E-state index contributed by atoms with van der Waals surface area (Å²) < 4.78 is 32.6. The highest BCUT2D eigenvalue weighted by Gasteiger charge is 2.36. The Balaban J connectivity index is 2.43. The van der Waals surface area contributed by atoms with Crippen molar-refractivity contribution in [2.75, 3.05) is 26.4 Å². The summed E-state index contributed by atoms with van der Waals surface area (Å²) in [6, 6.07) is 0. The Bertz CT molecular complexity index is 1440. The van der Waals surface area contributed by atoms with Gasteiger partial charge in [0.1, 0.15) is 31.2 Å². The maximum atomic E-state index is 13.4. The van der Waals surface area contributed by atoms with Crippen molar-refractivity contribution in [1.82, 2.24) is 0 Å². The fourth-order valence-corrected chi connectivity index (χ4v) is 6.25. The van der Waals surface area contributed by atoms with E-state index in [2.05, 4.69) is 13.8 Å². The molecule has 0 unspecified atom stereocenters. The lowest BCUT2D eigenvalue weighted by Crippen LogP contribution is -2.28. The molecule has 0 atom stereocenters. The van der Waals surface area contributed by atoms with Crippen molar-refractivity contribution in [2.45, 2.75) is 105 Å². The van der Waals surface area contributed by atoms with Gasteiger partial charge in [-0.25, -0.2) is 19.2 Å². The first-order chi connectivity index (χ1) is 24.9. The zero-order valence-electron chi connectivity index (χ0n) is 29.7. The molecular formula is C36H44Cl6O10. The van der Waals surface area contributed by atoms with E-state index >= 15 is 0 Å². The van der Waals surface area contributed by atoms with Gasteiger partial charge in [-0.2, -0.15) is 0 Å². The van der Waals surface area contributed by atoms with Crippen LogP contribution in [0.4, 0.5) is 0 Å². The Hall–Kier alpha value is -2.34. The molecule has 0 bridgehead atoms. The molecule has 0 amide bonds. The molecular weight excluding hydrogens is 805 g/mol. The lowest BCUT2D eigenvalue weighted by Gasteiger charge is -2.19. The number of halogens is 6. The molecule has 52 heavy (non-hydrogen) atoms. The molecule has 16 heteroatoms. The van der Waals surface area contributed by atoms with Crippen LogP contribution in [-0.2, 0) is 19.1 Å². The van der Waals surface area contributed by atoms with Crippen molar-refractivity contribution >= 4 is 93.5 Å². The molecule has 0 saturated heterocycles. The van der Waals surface area contributed by atoms with Crippen molar-refractivity contribution in [3.8, 4) is 23.0 Å². The number of carbonyl (C=O) groups excluding carboxylic acids is 4. The van der Waals surface area contributed by atoms with E-state index in [0.29, 0.717) is 12.8 Å². The van der Waals surface area contributed by atoms with Crippen LogP contribution in [0.3, 0.4) is 0 Å². The molecule has 290 valence electrons. The standard InChI is InChI=1S/C36H44Cl6O10/c1-5-9-11-13-15-17-19-49-33(43)21-29(47-7-3)25(39)23(37)27(41)31(21)51-35(45)36(46)52-32-22(30(48-8-4)26(40)24(38)28(32)42)34(44)50-20-18-16-14-12-10-6-2/h5-20H2,1-4H3. The van der Waals surface area contributed by atoms with Gasteiger partial charge in [-0.15, -0.1) is 0 Å². The molecule has 0 aromatic heterocycles. The zero-order valence-corrected chi connectivity index (χ0v) is 34.2. The van der Waals surface area contributed by atoms with Crippen LogP contribution in [0.1, 0.15) is 125 Å². The molecule has 0 aliphatic carbocycles. The highest BCUT2D eigenvalue weighted by molar-refractivity contribution is 6.51. The minimum Gasteiger partial charge on any atom is -0.491 e. The Kier molecular flexibility index (Phi) is 21.3. The van der Waals surface area contributed by atoms with Crippen LogP contribution in [0.2, 0.25) is 30.1 Å². The summed E-state index contributed by atoms with van der Waals surface area (Å²) in [4.78, 5) is 53.4. The third kappa shape index (κ3) is 12.9. The second-order valence-corrected chi connectivity index (χ2v) is 13.7. The van der Waals surface area contributed by atoms with Crippen molar-refractivity contribution in [3.05, 3.63) is 41.3 Å². The smallest absolute Gasteiger partial charge is 0.423 e. The molecule has 0 heterocycles. The fraction of sp³-hybridized carbons (Fsp3) is 0.556. The highest BCUT2D eigenvalue weighted by Crippen LogP contribution is 2.49. The van der Waals surface area contributed by atoms with Crippen molar-refractivity contribution in [2.24, 2.45) is 0 Å². The van der Waals surface area contributed by atoms with Crippen LogP contribution in [-0.4, -0.2) is 50.3 Å². The third-order valence-electron chi connectivity index (χ3n) is 7.48. The predicted molar refractivity (Wildman–Crippen MR) is 204 cm³/mol. The molecule has 0 aliphatic heterocycles. The fourth-order valence-electron chi connectivity index (χ4n) is 4.87. The number of ether oxygens (including phenoxy) is 6. The average molecular weight is 849 g/mol. The maximum absolute atomic E-state index is 13.4. The van der Waals surface area contributed by atoms with Crippen LogP contribution in [0.5, 0.6) is 23.0 Å². The van der Waals surface area contributed by atoms with Gasteiger partial charge in [0.2, 0.25) is 0 Å². The van der Waals surface area contributed by atoms with Gasteiger partial charge in [-0.1, -0.05) is 148 Å². The highest BCUT2D eigenvalue weighted by atomic mass is 35.5. The molecule has 0 radical (unpaired) electrons. The second-order valence-electron chi connectivity index (χ2n) is 11.4. The minimum atomic E-state index is -1.71. The lowest BCUT2D eigenvalue weighted by molar-refractivity contribution is -0.156. The minimum absolute atomic E-state index is 0.0144. The molecule has 0 N–H and O–H groups in total. The first-order valence-corrected chi connectivity index (χ1v) is 19.6. The molecule has 0 saturated carbocycles. The number of carbonyl (C=O) groups is 4. The van der Waals surface area contributed by atoms with Crippen LogP contribution in [0.25, 0.3) is 0 Å². The number of benzene rings is 2. The SMILES string of the molecule is CCCCCCCCOC(=O)c1c(OCC)c(Cl)c(Cl)c(Cl)c1OC(=O)C(=O)Oc1c(Cl)c(Cl)c(Cl)c(OCC)c1C(=O)OCCCCCCCC. The normalized spacial score (nSPS) is 10.9. The Morgan fingerprint density at radius 3 is 1.06 bits per heavy atom. The molecule has 0 spiro atoms. The number of hydrogen-bond donors (Lipinski definition) is 0. The number of rotatable bonds is 22. The van der Waals surface area contributed by atoms with E-state index in [1.54, 1.807) is 13.8 Å². The van der Waals surface area contributed by atoms with Gasteiger partial charge in [0.25, 0.3) is 0 Å². The quantitative estimate of drug-likeness (QED) is 0.0372. The van der Waals surface area contributed by atoms with Gasteiger partial charge in [0.05, 0.1) is 36.5 Å². The van der Waals surface area contributed by atoms with Crippen LogP contribution in [0.15, 0.2) is 0 Å². The van der Waals surface area contributed by atoms with E-state index in [9.17, 15) is 19.2 Å². The zero-order chi connectivity index (χ0) is 38.8. The van der Waals surface area contributed by atoms with Gasteiger partial charge in [-0.05, 0) is 26.7 Å². The largest absolute Gasteiger partial charge is 0.491 e. The third-order valence-corrected chi connectivity index (χ3v) is 10.1. The van der Waals surface area contributed by atoms with E-state index in [0.717, 1.165) is 64.2 Å². The van der Waals surface area contributed by atoms with Crippen LogP contribution in [0, 0.1) is 0 Å². The van der Waals surface area contributed by atoms with E-state index in [4.69, 9.17) is 98.0 Å². The maximum Gasteiger partial charge on any atom is 0.423 e.